The van der Waals surface area contributed by atoms with Crippen LogP contribution in [0.2, 0.25) is 5.02 Å². The Morgan fingerprint density at radius 3 is 2.29 bits per heavy atom. The molecule has 2 amide bonds. The molecule has 3 rings (SSSR count). The monoisotopic (exact) mass is 663 g/mol. The van der Waals surface area contributed by atoms with Gasteiger partial charge in [-0.2, -0.15) is 0 Å². The van der Waals surface area contributed by atoms with E-state index in [1.165, 1.54) is 30.2 Å². The number of rotatable bonds is 10. The van der Waals surface area contributed by atoms with E-state index in [0.717, 1.165) is 19.9 Å². The van der Waals surface area contributed by atoms with Gasteiger partial charge < -0.3 is 15.0 Å². The summed E-state index contributed by atoms with van der Waals surface area (Å²) in [6.45, 7) is 8.48. The fraction of sp³-hybridized carbons (Fsp3) is 0.333. The maximum atomic E-state index is 14.1. The van der Waals surface area contributed by atoms with Crippen LogP contribution >= 0.6 is 27.5 Å². The van der Waals surface area contributed by atoms with Crippen LogP contribution in [0, 0.1) is 6.92 Å². The molecule has 0 saturated heterocycles. The van der Waals surface area contributed by atoms with E-state index in [0.29, 0.717) is 0 Å². The maximum Gasteiger partial charge on any atom is 0.264 e. The van der Waals surface area contributed by atoms with E-state index in [1.807, 2.05) is 52.0 Å². The van der Waals surface area contributed by atoms with Crippen LogP contribution in [0.25, 0.3) is 0 Å². The van der Waals surface area contributed by atoms with Crippen molar-refractivity contribution >= 4 is 55.1 Å². The zero-order valence-corrected chi connectivity index (χ0v) is 27.1. The van der Waals surface area contributed by atoms with Crippen LogP contribution in [0.3, 0.4) is 0 Å². The SMILES string of the molecule is COc1ccc(Cl)cc1N(CC(=O)N(Cc1cccc(Br)c1)[C@@H](C)C(=O)NC(C)(C)C)S(=O)(=O)c1ccc(C)cc1. The first kappa shape index (κ1) is 32.4. The Morgan fingerprint density at radius 2 is 1.71 bits per heavy atom. The van der Waals surface area contributed by atoms with Crippen LogP contribution in [0.1, 0.15) is 38.8 Å². The average Bonchev–Trinajstić information content (AvgIpc) is 2.89. The van der Waals surface area contributed by atoms with Crippen molar-refractivity contribution in [3.63, 3.8) is 0 Å². The summed E-state index contributed by atoms with van der Waals surface area (Å²) in [5.74, 6) is -0.733. The average molecular weight is 665 g/mol. The van der Waals surface area contributed by atoms with Crippen molar-refractivity contribution in [1.29, 1.82) is 0 Å². The fourth-order valence-corrected chi connectivity index (χ4v) is 6.13. The standard InChI is InChI=1S/C30H35BrClN3O5S/c1-20-10-13-25(14-11-20)41(38,39)35(26-17-24(32)12-15-27(26)40-6)19-28(36)34(18-22-8-7-9-23(31)16-22)21(2)29(37)33-30(3,4)5/h7-17,21H,18-19H2,1-6H3,(H,33,37)/t21-/m0/s1. The van der Waals surface area contributed by atoms with E-state index in [2.05, 4.69) is 21.2 Å². The van der Waals surface area contributed by atoms with Gasteiger partial charge in [0.1, 0.15) is 18.3 Å². The van der Waals surface area contributed by atoms with Gasteiger partial charge in [0, 0.05) is 21.6 Å². The van der Waals surface area contributed by atoms with Crippen LogP contribution in [0.5, 0.6) is 5.75 Å². The number of halogens is 2. The fourth-order valence-electron chi connectivity index (χ4n) is 4.10. The molecular formula is C30H35BrClN3O5S. The van der Waals surface area contributed by atoms with Crippen molar-refractivity contribution in [2.45, 2.75) is 57.6 Å². The molecule has 3 aromatic carbocycles. The molecule has 41 heavy (non-hydrogen) atoms. The lowest BCUT2D eigenvalue weighted by Gasteiger charge is -2.33. The van der Waals surface area contributed by atoms with Gasteiger partial charge in [0.15, 0.2) is 0 Å². The summed E-state index contributed by atoms with van der Waals surface area (Å²) in [4.78, 5) is 28.7. The summed E-state index contributed by atoms with van der Waals surface area (Å²) in [7, 11) is -2.86. The number of anilines is 1. The quantitative estimate of drug-likeness (QED) is 0.289. The topological polar surface area (TPSA) is 96.0 Å². The number of sulfonamides is 1. The van der Waals surface area contributed by atoms with E-state index in [9.17, 15) is 18.0 Å². The second kappa shape index (κ2) is 13.3. The molecule has 0 aromatic heterocycles. The molecule has 220 valence electrons. The largest absolute Gasteiger partial charge is 0.495 e. The highest BCUT2D eigenvalue weighted by Gasteiger charge is 2.34. The first-order valence-electron chi connectivity index (χ1n) is 12.9. The summed E-state index contributed by atoms with van der Waals surface area (Å²) >= 11 is 9.73. The van der Waals surface area contributed by atoms with Crippen molar-refractivity contribution in [2.75, 3.05) is 18.0 Å². The number of aryl methyl sites for hydroxylation is 1. The first-order valence-corrected chi connectivity index (χ1v) is 15.5. The summed E-state index contributed by atoms with van der Waals surface area (Å²) in [5, 5.41) is 3.18. The zero-order valence-electron chi connectivity index (χ0n) is 23.9. The van der Waals surface area contributed by atoms with Gasteiger partial charge in [-0.1, -0.05) is 57.4 Å². The van der Waals surface area contributed by atoms with Gasteiger partial charge in [-0.3, -0.25) is 13.9 Å². The van der Waals surface area contributed by atoms with Gasteiger partial charge >= 0.3 is 0 Å². The van der Waals surface area contributed by atoms with Crippen LogP contribution in [-0.2, 0) is 26.2 Å². The van der Waals surface area contributed by atoms with Crippen LogP contribution in [-0.4, -0.2) is 50.4 Å². The van der Waals surface area contributed by atoms with Gasteiger partial charge in [0.25, 0.3) is 10.0 Å². The predicted molar refractivity (Wildman–Crippen MR) is 166 cm³/mol. The summed E-state index contributed by atoms with van der Waals surface area (Å²) in [6, 6.07) is 17.3. The van der Waals surface area contributed by atoms with Crippen LogP contribution in [0.4, 0.5) is 5.69 Å². The molecule has 0 bridgehead atoms. The summed E-state index contributed by atoms with van der Waals surface area (Å²) in [6.07, 6.45) is 0. The van der Waals surface area contributed by atoms with Gasteiger partial charge in [-0.05, 0) is 82.6 Å². The normalized spacial score (nSPS) is 12.4. The Morgan fingerprint density at radius 1 is 1.05 bits per heavy atom. The number of carbonyl (C=O) groups excluding carboxylic acids is 2. The number of ether oxygens (including phenoxy) is 1. The molecule has 0 spiro atoms. The molecule has 0 heterocycles. The Hall–Kier alpha value is -3.08. The number of hydrogen-bond acceptors (Lipinski definition) is 5. The highest BCUT2D eigenvalue weighted by Crippen LogP contribution is 2.35. The van der Waals surface area contributed by atoms with E-state index < -0.39 is 34.1 Å². The van der Waals surface area contributed by atoms with Gasteiger partial charge in [-0.15, -0.1) is 0 Å². The van der Waals surface area contributed by atoms with Crippen molar-refractivity contribution in [3.8, 4) is 5.75 Å². The van der Waals surface area contributed by atoms with E-state index in [4.69, 9.17) is 16.3 Å². The molecule has 0 saturated carbocycles. The van der Waals surface area contributed by atoms with Crippen molar-refractivity contribution < 1.29 is 22.7 Å². The molecule has 0 unspecified atom stereocenters. The highest BCUT2D eigenvalue weighted by atomic mass is 79.9. The molecule has 0 aliphatic rings. The number of benzene rings is 3. The molecule has 1 N–H and O–H groups in total. The number of hydrogen-bond donors (Lipinski definition) is 1. The third-order valence-corrected chi connectivity index (χ3v) is 8.71. The molecule has 0 aliphatic heterocycles. The van der Waals surface area contributed by atoms with Gasteiger partial charge in [0.05, 0.1) is 17.7 Å². The van der Waals surface area contributed by atoms with Crippen molar-refractivity contribution in [3.05, 3.63) is 87.4 Å². The van der Waals surface area contributed by atoms with Gasteiger partial charge in [0.2, 0.25) is 11.8 Å². The Bertz CT molecular complexity index is 1510. The smallest absolute Gasteiger partial charge is 0.264 e. The Labute approximate surface area is 255 Å². The lowest BCUT2D eigenvalue weighted by atomic mass is 10.1. The summed E-state index contributed by atoms with van der Waals surface area (Å²) < 4.78 is 35.3. The Kier molecular flexibility index (Phi) is 10.5. The minimum Gasteiger partial charge on any atom is -0.495 e. The second-order valence-corrected chi connectivity index (χ2v) is 13.9. The van der Waals surface area contributed by atoms with Crippen molar-refractivity contribution in [2.24, 2.45) is 0 Å². The van der Waals surface area contributed by atoms with Gasteiger partial charge in [-0.25, -0.2) is 8.42 Å². The molecule has 8 nitrogen and oxygen atoms in total. The predicted octanol–water partition coefficient (Wildman–Crippen LogP) is 5.95. The lowest BCUT2D eigenvalue weighted by Crippen LogP contribution is -2.54. The Balaban J connectivity index is 2.11. The highest BCUT2D eigenvalue weighted by molar-refractivity contribution is 9.10. The number of nitrogens with one attached hydrogen (secondary N) is 1. The number of amides is 2. The minimum absolute atomic E-state index is 0.00464. The first-order chi connectivity index (χ1) is 19.1. The molecule has 1 atom stereocenters. The third-order valence-electron chi connectivity index (χ3n) is 6.20. The molecular weight excluding hydrogens is 630 g/mol. The number of methoxy groups -OCH3 is 1. The van der Waals surface area contributed by atoms with Crippen molar-refractivity contribution in [1.82, 2.24) is 10.2 Å². The molecule has 11 heteroatoms. The lowest BCUT2D eigenvalue weighted by molar-refractivity contribution is -0.140. The third kappa shape index (κ3) is 8.47. The van der Waals surface area contributed by atoms with Crippen LogP contribution in [0.15, 0.2) is 76.1 Å². The maximum absolute atomic E-state index is 14.1. The van der Waals surface area contributed by atoms with E-state index in [-0.39, 0.29) is 33.8 Å². The number of nitrogens with zero attached hydrogens (tertiary/aromatic N) is 2. The minimum atomic E-state index is -4.26. The number of carbonyl (C=O) groups is 2. The molecule has 3 aromatic rings. The van der Waals surface area contributed by atoms with E-state index >= 15 is 0 Å². The molecule has 0 fully saturated rings. The van der Waals surface area contributed by atoms with E-state index in [1.54, 1.807) is 31.2 Å². The molecule has 0 radical (unpaired) electrons. The summed E-state index contributed by atoms with van der Waals surface area (Å²) in [5.41, 5.74) is 1.20. The second-order valence-electron chi connectivity index (χ2n) is 10.7. The molecule has 0 aliphatic carbocycles. The zero-order chi connectivity index (χ0) is 30.5. The van der Waals surface area contributed by atoms with Crippen LogP contribution < -0.4 is 14.4 Å².